The molecule has 4 aliphatic heterocycles. The van der Waals surface area contributed by atoms with Crippen molar-refractivity contribution < 1.29 is 35.1 Å². The molecule has 5 aliphatic rings. The Bertz CT molecular complexity index is 2390. The van der Waals surface area contributed by atoms with Gasteiger partial charge in [-0.2, -0.15) is 0 Å². The monoisotopic (exact) mass is 764 g/mol. The van der Waals surface area contributed by atoms with Crippen LogP contribution in [0.3, 0.4) is 0 Å². The van der Waals surface area contributed by atoms with Crippen molar-refractivity contribution in [2.45, 2.75) is 62.4 Å². The molecule has 0 bridgehead atoms. The number of carbonyl (C=O) groups excluding carboxylic acids is 3. The summed E-state index contributed by atoms with van der Waals surface area (Å²) in [6.07, 6.45) is 1.80. The van der Waals surface area contributed by atoms with Gasteiger partial charge in [0.15, 0.2) is 0 Å². The number of hydrogen-bond acceptors (Lipinski definition) is 7. The molecule has 290 valence electrons. The van der Waals surface area contributed by atoms with E-state index in [1.165, 1.54) is 12.1 Å². The quantitative estimate of drug-likeness (QED) is 0.205. The Morgan fingerprint density at radius 2 is 1.52 bits per heavy atom. The summed E-state index contributed by atoms with van der Waals surface area (Å²) >= 11 is 0. The number of nitrogens with one attached hydrogen (secondary N) is 1. The maximum atomic E-state index is 15.8. The Morgan fingerprint density at radius 3 is 2.25 bits per heavy atom. The Balaban J connectivity index is 0.828. The van der Waals surface area contributed by atoms with Gasteiger partial charge in [-0.15, -0.1) is 0 Å². The minimum Gasteiger partial charge on any atom is -0.508 e. The summed E-state index contributed by atoms with van der Waals surface area (Å²) in [6, 6.07) is 14.2. The SMILES string of the molecule is [2H]c1c([2H])c([2H])c([C@@H]2CC(F)(F)c3cc(O)ccc3[C@@H]2c2ccc(N3CCC(CN4CCN(c5ccc6c(c5)CN([C@H]5CCC(=O)NC5=O)C6=O)CC4)CC3)cc2)c([2H])c1[2H]. The minimum atomic E-state index is -3.41. The molecule has 3 fully saturated rings. The van der Waals surface area contributed by atoms with Gasteiger partial charge in [-0.1, -0.05) is 48.4 Å². The average Bonchev–Trinajstić information content (AvgIpc) is 3.57. The fraction of sp³-hybridized carbons (Fsp3) is 0.400. The molecule has 3 saturated heterocycles. The molecule has 9 nitrogen and oxygen atoms in total. The number of benzene rings is 4. The van der Waals surface area contributed by atoms with Gasteiger partial charge in [0.25, 0.3) is 11.8 Å². The predicted octanol–water partition coefficient (Wildman–Crippen LogP) is 6.60. The third-order valence-electron chi connectivity index (χ3n) is 12.5. The Labute approximate surface area is 332 Å². The first-order valence-electron chi connectivity index (χ1n) is 22.1. The number of piperidine rings is 2. The summed E-state index contributed by atoms with van der Waals surface area (Å²) in [7, 11) is 0. The number of piperazine rings is 1. The van der Waals surface area contributed by atoms with Crippen LogP contribution in [-0.2, 0) is 22.1 Å². The summed E-state index contributed by atoms with van der Waals surface area (Å²) in [6.45, 7) is 6.62. The number of nitrogens with zero attached hydrogens (tertiary/aromatic N) is 4. The number of halogens is 2. The van der Waals surface area contributed by atoms with Gasteiger partial charge in [-0.3, -0.25) is 24.6 Å². The highest BCUT2D eigenvalue weighted by atomic mass is 19.3. The lowest BCUT2D eigenvalue weighted by Crippen LogP contribution is -2.52. The molecule has 2 N–H and O–H groups in total. The summed E-state index contributed by atoms with van der Waals surface area (Å²) in [5, 5.41) is 12.5. The number of fused-ring (bicyclic) bond motifs is 2. The number of hydrogen-bond donors (Lipinski definition) is 2. The molecular weight excluding hydrogens is 713 g/mol. The van der Waals surface area contributed by atoms with Crippen molar-refractivity contribution in [2.24, 2.45) is 5.92 Å². The van der Waals surface area contributed by atoms with Gasteiger partial charge in [-0.25, -0.2) is 8.78 Å². The van der Waals surface area contributed by atoms with E-state index < -0.39 is 66.3 Å². The van der Waals surface area contributed by atoms with E-state index in [1.54, 1.807) is 4.90 Å². The van der Waals surface area contributed by atoms with Crippen molar-refractivity contribution in [3.05, 3.63) is 124 Å². The zero-order chi connectivity index (χ0) is 42.9. The molecular formula is C45H47F2N5O4. The van der Waals surface area contributed by atoms with Gasteiger partial charge < -0.3 is 19.8 Å². The van der Waals surface area contributed by atoms with Crippen LogP contribution in [0.5, 0.6) is 5.75 Å². The van der Waals surface area contributed by atoms with E-state index in [9.17, 15) is 19.5 Å². The predicted molar refractivity (Wildman–Crippen MR) is 210 cm³/mol. The average molecular weight is 765 g/mol. The molecule has 4 aromatic rings. The van der Waals surface area contributed by atoms with Crippen LogP contribution in [0.25, 0.3) is 0 Å². The van der Waals surface area contributed by atoms with Crippen LogP contribution in [0.2, 0.25) is 0 Å². The van der Waals surface area contributed by atoms with E-state index in [-0.39, 0.29) is 40.7 Å². The van der Waals surface area contributed by atoms with Crippen molar-refractivity contribution in [1.82, 2.24) is 15.1 Å². The number of rotatable bonds is 7. The van der Waals surface area contributed by atoms with Gasteiger partial charge in [-0.05, 0) is 89.9 Å². The van der Waals surface area contributed by atoms with Crippen LogP contribution in [0.1, 0.15) is 89.0 Å². The zero-order valence-electron chi connectivity index (χ0n) is 36.0. The maximum Gasteiger partial charge on any atom is 0.274 e. The number of imide groups is 1. The molecule has 4 aromatic carbocycles. The number of phenolic OH excluding ortho intramolecular Hbond substituents is 1. The van der Waals surface area contributed by atoms with E-state index in [0.29, 0.717) is 30.0 Å². The lowest BCUT2D eigenvalue weighted by molar-refractivity contribution is -0.136. The molecule has 56 heavy (non-hydrogen) atoms. The number of alkyl halides is 2. The van der Waals surface area contributed by atoms with E-state index in [1.807, 2.05) is 36.4 Å². The third kappa shape index (κ3) is 6.91. The van der Waals surface area contributed by atoms with Crippen molar-refractivity contribution in [2.75, 3.05) is 55.6 Å². The molecule has 9 rings (SSSR count). The smallest absolute Gasteiger partial charge is 0.274 e. The molecule has 0 radical (unpaired) electrons. The molecule has 3 atom stereocenters. The van der Waals surface area contributed by atoms with E-state index in [2.05, 4.69) is 26.1 Å². The first-order chi connectivity index (χ1) is 29.2. The topological polar surface area (TPSA) is 96.4 Å². The van der Waals surface area contributed by atoms with E-state index in [4.69, 9.17) is 6.85 Å². The van der Waals surface area contributed by atoms with Gasteiger partial charge in [0, 0.05) is 99.5 Å². The molecule has 0 saturated carbocycles. The summed E-state index contributed by atoms with van der Waals surface area (Å²) in [5.74, 6) is -5.94. The molecule has 3 amide bonds. The summed E-state index contributed by atoms with van der Waals surface area (Å²) in [5.41, 5.74) is 4.04. The molecule has 1 aliphatic carbocycles. The van der Waals surface area contributed by atoms with E-state index in [0.717, 1.165) is 81.7 Å². The fourth-order valence-corrected chi connectivity index (χ4v) is 9.56. The van der Waals surface area contributed by atoms with Crippen LogP contribution in [0.4, 0.5) is 20.2 Å². The van der Waals surface area contributed by atoms with Crippen LogP contribution < -0.4 is 15.1 Å². The number of anilines is 2. The highest BCUT2D eigenvalue weighted by molar-refractivity contribution is 6.05. The second kappa shape index (κ2) is 14.7. The van der Waals surface area contributed by atoms with E-state index >= 15 is 8.78 Å². The van der Waals surface area contributed by atoms with Gasteiger partial charge in [0.05, 0.1) is 6.85 Å². The summed E-state index contributed by atoms with van der Waals surface area (Å²) < 4.78 is 73.6. The van der Waals surface area contributed by atoms with Crippen molar-refractivity contribution in [3.63, 3.8) is 0 Å². The minimum absolute atomic E-state index is 0.136. The molecule has 4 heterocycles. The lowest BCUT2D eigenvalue weighted by Gasteiger charge is -2.40. The first kappa shape index (κ1) is 30.9. The van der Waals surface area contributed by atoms with Gasteiger partial charge in [0.1, 0.15) is 11.8 Å². The lowest BCUT2D eigenvalue weighted by atomic mass is 9.68. The highest BCUT2D eigenvalue weighted by Gasteiger charge is 2.47. The molecule has 0 spiro atoms. The Hall–Kier alpha value is -5.29. The molecule has 0 unspecified atom stereocenters. The second-order valence-electron chi connectivity index (χ2n) is 15.9. The molecule has 11 heteroatoms. The number of carbonyl (C=O) groups is 3. The zero-order valence-corrected chi connectivity index (χ0v) is 31.0. The highest BCUT2D eigenvalue weighted by Crippen LogP contribution is 2.55. The summed E-state index contributed by atoms with van der Waals surface area (Å²) in [4.78, 5) is 46.0. The normalized spacial score (nSPS) is 25.5. The van der Waals surface area contributed by atoms with Crippen molar-refractivity contribution in [1.29, 1.82) is 0 Å². The van der Waals surface area contributed by atoms with Crippen LogP contribution in [-0.4, -0.2) is 84.5 Å². The molecule has 0 aromatic heterocycles. The first-order valence-corrected chi connectivity index (χ1v) is 19.6. The van der Waals surface area contributed by atoms with Crippen LogP contribution in [0.15, 0.2) is 90.9 Å². The van der Waals surface area contributed by atoms with Crippen molar-refractivity contribution >= 4 is 29.1 Å². The van der Waals surface area contributed by atoms with Gasteiger partial charge >= 0.3 is 0 Å². The number of aromatic hydroxyl groups is 1. The third-order valence-corrected chi connectivity index (χ3v) is 12.5. The van der Waals surface area contributed by atoms with Crippen LogP contribution in [0, 0.1) is 5.92 Å². The van der Waals surface area contributed by atoms with Gasteiger partial charge in [0.2, 0.25) is 11.8 Å². The Morgan fingerprint density at radius 1 is 0.804 bits per heavy atom. The second-order valence-corrected chi connectivity index (χ2v) is 15.9. The fourth-order valence-electron chi connectivity index (χ4n) is 9.56. The maximum absolute atomic E-state index is 15.8. The van der Waals surface area contributed by atoms with Crippen LogP contribution >= 0.6 is 0 Å². The van der Waals surface area contributed by atoms with Crippen molar-refractivity contribution in [3.8, 4) is 5.75 Å². The Kier molecular flexibility index (Phi) is 8.08. The standard InChI is InChI=1S/C45H47F2N5O4/c46-45(47)26-38(30-4-2-1-3-5-30)42(37-13-11-35(53)25-39(37)45)31-6-8-33(9-7-31)50-18-16-29(17-19-50)27-49-20-22-51(23-21-49)34-10-12-36-32(24-34)28-52(44(36)56)40-14-15-41(54)48-43(40)55/h1-13,24-25,29,38,40,42,53H,14-23,26-28H2,(H,48,54,55)/t38-,40-,42-/m0/s1/i1D,2D,3D,4D,5D. The largest absolute Gasteiger partial charge is 0.508 e. The number of amides is 3. The number of phenols is 1.